The van der Waals surface area contributed by atoms with Gasteiger partial charge in [0.05, 0.1) is 12.1 Å². The van der Waals surface area contributed by atoms with Crippen molar-refractivity contribution < 1.29 is 17.9 Å². The van der Waals surface area contributed by atoms with E-state index >= 15 is 0 Å². The predicted molar refractivity (Wildman–Crippen MR) is 87.7 cm³/mol. The third-order valence-electron chi connectivity index (χ3n) is 2.87. The van der Waals surface area contributed by atoms with Gasteiger partial charge in [-0.15, -0.1) is 0 Å². The Labute approximate surface area is 139 Å². The minimum atomic E-state index is -3.63. The van der Waals surface area contributed by atoms with E-state index in [0.29, 0.717) is 5.75 Å². The highest BCUT2D eigenvalue weighted by molar-refractivity contribution is 7.89. The van der Waals surface area contributed by atoms with Gasteiger partial charge in [0.1, 0.15) is 17.3 Å². The number of pyridine rings is 1. The molecule has 0 saturated heterocycles. The van der Waals surface area contributed by atoms with Crippen molar-refractivity contribution in [1.82, 2.24) is 9.71 Å². The van der Waals surface area contributed by atoms with Crippen molar-refractivity contribution >= 4 is 15.9 Å². The maximum absolute atomic E-state index is 11.9. The lowest BCUT2D eigenvalue weighted by Crippen LogP contribution is -2.24. The van der Waals surface area contributed by atoms with Gasteiger partial charge in [0.25, 0.3) is 5.91 Å². The zero-order valence-corrected chi connectivity index (χ0v) is 13.4. The largest absolute Gasteiger partial charge is 0.480 e. The van der Waals surface area contributed by atoms with Crippen LogP contribution in [0.5, 0.6) is 5.75 Å². The van der Waals surface area contributed by atoms with Crippen LogP contribution in [0.25, 0.3) is 0 Å². The molecule has 0 spiro atoms. The van der Waals surface area contributed by atoms with Gasteiger partial charge < -0.3 is 10.5 Å². The molecule has 124 valence electrons. The number of nitrogens with zero attached hydrogens (tertiary/aromatic N) is 1. The quantitative estimate of drug-likeness (QED) is 0.742. The van der Waals surface area contributed by atoms with Crippen molar-refractivity contribution in [1.29, 1.82) is 0 Å². The van der Waals surface area contributed by atoms with E-state index in [1.54, 1.807) is 24.3 Å². The molecule has 0 unspecified atom stereocenters. The number of sulfonamides is 1. The standard InChI is InChI=1S/C16H15N3O4S/c17-16(20)14-7-1-2-8-15(14)23-11-4-3-10-19-24(21,22)13-6-5-9-18-12-13/h1-2,5-9,12,19H,10-11H2,(H2,17,20). The molecule has 0 radical (unpaired) electrons. The van der Waals surface area contributed by atoms with E-state index < -0.39 is 15.9 Å². The lowest BCUT2D eigenvalue weighted by Gasteiger charge is -2.05. The molecule has 0 aliphatic rings. The van der Waals surface area contributed by atoms with Gasteiger partial charge in [0, 0.05) is 12.4 Å². The van der Waals surface area contributed by atoms with Gasteiger partial charge >= 0.3 is 0 Å². The van der Waals surface area contributed by atoms with Crippen molar-refractivity contribution in [3.8, 4) is 17.6 Å². The maximum atomic E-state index is 11.9. The van der Waals surface area contributed by atoms with E-state index in [9.17, 15) is 13.2 Å². The molecule has 0 aliphatic heterocycles. The highest BCUT2D eigenvalue weighted by atomic mass is 32.2. The average Bonchev–Trinajstić information content (AvgIpc) is 2.59. The Balaban J connectivity index is 1.86. The van der Waals surface area contributed by atoms with E-state index in [1.807, 2.05) is 0 Å². The first-order valence-corrected chi connectivity index (χ1v) is 8.36. The number of nitrogens with one attached hydrogen (secondary N) is 1. The van der Waals surface area contributed by atoms with Crippen LogP contribution < -0.4 is 15.2 Å². The summed E-state index contributed by atoms with van der Waals surface area (Å²) in [5, 5.41) is 0. The maximum Gasteiger partial charge on any atom is 0.252 e. The molecule has 8 heteroatoms. The molecule has 2 rings (SSSR count). The lowest BCUT2D eigenvalue weighted by molar-refractivity contribution is 0.0997. The van der Waals surface area contributed by atoms with E-state index in [1.165, 1.54) is 24.5 Å². The van der Waals surface area contributed by atoms with Crippen molar-refractivity contribution in [3.05, 3.63) is 54.4 Å². The topological polar surface area (TPSA) is 111 Å². The number of primary amides is 1. The number of hydrogen-bond donors (Lipinski definition) is 2. The Morgan fingerprint density at radius 3 is 2.71 bits per heavy atom. The molecule has 0 fully saturated rings. The monoisotopic (exact) mass is 345 g/mol. The number of amides is 1. The summed E-state index contributed by atoms with van der Waals surface area (Å²) in [7, 11) is -3.63. The van der Waals surface area contributed by atoms with Crippen molar-refractivity contribution in [3.63, 3.8) is 0 Å². The molecule has 1 aromatic carbocycles. The molecular formula is C16H15N3O4S. The number of aromatic nitrogens is 1. The molecule has 0 aliphatic carbocycles. The van der Waals surface area contributed by atoms with E-state index in [4.69, 9.17) is 10.5 Å². The highest BCUT2D eigenvalue weighted by Crippen LogP contribution is 2.16. The van der Waals surface area contributed by atoms with Gasteiger partial charge in [-0.3, -0.25) is 9.78 Å². The van der Waals surface area contributed by atoms with Gasteiger partial charge in [0.15, 0.2) is 0 Å². The van der Waals surface area contributed by atoms with Crippen LogP contribution in [0.1, 0.15) is 10.4 Å². The Bertz CT molecular complexity index is 871. The molecule has 1 heterocycles. The van der Waals surface area contributed by atoms with E-state index in [-0.39, 0.29) is 23.6 Å². The van der Waals surface area contributed by atoms with Gasteiger partial charge in [-0.1, -0.05) is 24.0 Å². The Hall–Kier alpha value is -2.89. The number of nitrogens with two attached hydrogens (primary N) is 1. The highest BCUT2D eigenvalue weighted by Gasteiger charge is 2.11. The molecule has 2 aromatic rings. The van der Waals surface area contributed by atoms with Gasteiger partial charge in [0.2, 0.25) is 10.0 Å². The van der Waals surface area contributed by atoms with Crippen LogP contribution in [0.15, 0.2) is 53.7 Å². The molecule has 0 bridgehead atoms. The van der Waals surface area contributed by atoms with Crippen LogP contribution in [0.3, 0.4) is 0 Å². The first-order valence-electron chi connectivity index (χ1n) is 6.88. The second kappa shape index (κ2) is 8.10. The van der Waals surface area contributed by atoms with Crippen molar-refractivity contribution in [2.24, 2.45) is 5.73 Å². The first-order chi connectivity index (χ1) is 11.5. The summed E-state index contributed by atoms with van der Waals surface area (Å²) in [6.45, 7) is -0.0725. The number of benzene rings is 1. The predicted octanol–water partition coefficient (Wildman–Crippen LogP) is 0.541. The number of ether oxygens (including phenoxy) is 1. The van der Waals surface area contributed by atoms with Crippen LogP contribution in [-0.4, -0.2) is 32.5 Å². The lowest BCUT2D eigenvalue weighted by atomic mass is 10.2. The second-order valence-corrected chi connectivity index (χ2v) is 6.28. The summed E-state index contributed by atoms with van der Waals surface area (Å²) in [5.74, 6) is 5.02. The summed E-state index contributed by atoms with van der Waals surface area (Å²) in [5.41, 5.74) is 5.49. The zero-order valence-electron chi connectivity index (χ0n) is 12.6. The summed E-state index contributed by atoms with van der Waals surface area (Å²) in [6.07, 6.45) is 2.74. The third-order valence-corrected chi connectivity index (χ3v) is 4.26. The molecule has 1 amide bonds. The minimum Gasteiger partial charge on any atom is -0.480 e. The Morgan fingerprint density at radius 1 is 1.21 bits per heavy atom. The summed E-state index contributed by atoms with van der Waals surface area (Å²) in [4.78, 5) is 15.0. The van der Waals surface area contributed by atoms with Crippen LogP contribution >= 0.6 is 0 Å². The van der Waals surface area contributed by atoms with Crippen LogP contribution in [0.4, 0.5) is 0 Å². The van der Waals surface area contributed by atoms with Gasteiger partial charge in [-0.05, 0) is 24.3 Å². The summed E-state index contributed by atoms with van der Waals surface area (Å²) in [6, 6.07) is 9.50. The molecule has 0 saturated carbocycles. The number of carbonyl (C=O) groups is 1. The Kier molecular flexibility index (Phi) is 5.89. The number of carbonyl (C=O) groups excluding carboxylic acids is 1. The minimum absolute atomic E-state index is 0.00108. The number of rotatable bonds is 6. The van der Waals surface area contributed by atoms with Gasteiger partial charge in [-0.25, -0.2) is 8.42 Å². The Morgan fingerprint density at radius 2 is 2.00 bits per heavy atom. The zero-order chi connectivity index (χ0) is 17.4. The fourth-order valence-electron chi connectivity index (χ4n) is 1.74. The molecule has 1 aromatic heterocycles. The second-order valence-electron chi connectivity index (χ2n) is 4.52. The molecule has 24 heavy (non-hydrogen) atoms. The fraction of sp³-hybridized carbons (Fsp3) is 0.125. The van der Waals surface area contributed by atoms with E-state index in [2.05, 4.69) is 21.5 Å². The average molecular weight is 345 g/mol. The molecule has 3 N–H and O–H groups in total. The molecular weight excluding hydrogens is 330 g/mol. The number of hydrogen-bond acceptors (Lipinski definition) is 5. The van der Waals surface area contributed by atoms with Crippen LogP contribution in [0.2, 0.25) is 0 Å². The van der Waals surface area contributed by atoms with E-state index in [0.717, 1.165) is 0 Å². The first kappa shape index (κ1) is 17.5. The molecule has 7 nitrogen and oxygen atoms in total. The third kappa shape index (κ3) is 4.81. The summed E-state index contributed by atoms with van der Waals surface area (Å²) < 4.78 is 31.5. The van der Waals surface area contributed by atoms with Crippen LogP contribution in [0, 0.1) is 11.8 Å². The molecule has 0 atom stereocenters. The summed E-state index contributed by atoms with van der Waals surface area (Å²) >= 11 is 0. The van der Waals surface area contributed by atoms with Crippen molar-refractivity contribution in [2.45, 2.75) is 4.90 Å². The van der Waals surface area contributed by atoms with Crippen LogP contribution in [-0.2, 0) is 10.0 Å². The fourth-order valence-corrected chi connectivity index (χ4v) is 2.63. The normalized spacial score (nSPS) is 10.5. The number of para-hydroxylation sites is 1. The van der Waals surface area contributed by atoms with Crippen molar-refractivity contribution in [2.75, 3.05) is 13.2 Å². The SMILES string of the molecule is NC(=O)c1ccccc1OCC#CCNS(=O)(=O)c1cccnc1. The smallest absolute Gasteiger partial charge is 0.252 e. The van der Waals surface area contributed by atoms with Gasteiger partial charge in [-0.2, -0.15) is 4.72 Å².